The van der Waals surface area contributed by atoms with Crippen LogP contribution in [0.25, 0.3) is 0 Å². The Morgan fingerprint density at radius 3 is 2.09 bits per heavy atom. The van der Waals surface area contributed by atoms with Crippen LogP contribution in [0.3, 0.4) is 0 Å². The molecule has 2 aromatic rings. The lowest BCUT2D eigenvalue weighted by Gasteiger charge is -2.35. The molecule has 35 heavy (non-hydrogen) atoms. The van der Waals surface area contributed by atoms with E-state index in [9.17, 15) is 34.8 Å². The van der Waals surface area contributed by atoms with Gasteiger partial charge in [-0.15, -0.1) is 0 Å². The van der Waals surface area contributed by atoms with Gasteiger partial charge in [0.15, 0.2) is 27.3 Å². The van der Waals surface area contributed by atoms with Crippen LogP contribution in [0.1, 0.15) is 36.0 Å². The quantitative estimate of drug-likeness (QED) is 0.530. The smallest absolute Gasteiger partial charge is 0.255 e. The van der Waals surface area contributed by atoms with Crippen LogP contribution in [0.5, 0.6) is 0 Å². The van der Waals surface area contributed by atoms with Crippen molar-refractivity contribution in [2.24, 2.45) is 11.8 Å². The molecule has 4 atom stereocenters. The van der Waals surface area contributed by atoms with Gasteiger partial charge in [-0.2, -0.15) is 0 Å². The molecule has 190 valence electrons. The normalized spacial score (nSPS) is 24.4. The molecule has 2 saturated carbocycles. The summed E-state index contributed by atoms with van der Waals surface area (Å²) in [5.74, 6) is -5.82. The number of benzene rings is 2. The molecular weight excluding hydrogens is 529 g/mol. The molecular formula is C22H22ClF3N2O5S2. The molecule has 2 aliphatic carbocycles. The van der Waals surface area contributed by atoms with Crippen molar-refractivity contribution in [2.45, 2.75) is 41.9 Å². The highest BCUT2D eigenvalue weighted by atomic mass is 35.5. The predicted molar refractivity (Wildman–Crippen MR) is 124 cm³/mol. The lowest BCUT2D eigenvalue weighted by molar-refractivity contribution is 0.102. The molecule has 0 radical (unpaired) electrons. The number of sulfone groups is 1. The molecule has 0 aliphatic heterocycles. The number of anilines is 1. The maximum Gasteiger partial charge on any atom is 0.255 e. The van der Waals surface area contributed by atoms with Crippen molar-refractivity contribution in [2.75, 3.05) is 11.6 Å². The summed E-state index contributed by atoms with van der Waals surface area (Å²) in [5.41, 5.74) is -0.479. The minimum Gasteiger partial charge on any atom is -0.322 e. The summed E-state index contributed by atoms with van der Waals surface area (Å²) in [6.07, 6.45) is 2.95. The van der Waals surface area contributed by atoms with E-state index in [0.29, 0.717) is 25.0 Å². The Balaban J connectivity index is 1.57. The van der Waals surface area contributed by atoms with Gasteiger partial charge in [-0.05, 0) is 55.7 Å². The standard InChI is InChI=1S/C22H22ClF3N2O5S2/c1-34(30,31)28-21-11-2-3-12(21)7-15(6-11)35(32,33)19-8-13(4-5-16(19)23)22(29)27-14-9-17(24)20(26)18(25)10-14/h4-5,8-12,15,21,28H,2-3,6-7H2,1H3,(H,27,29)/t11-,12?,15-,21-/m0/s1. The second-order valence-electron chi connectivity index (χ2n) is 9.00. The summed E-state index contributed by atoms with van der Waals surface area (Å²) >= 11 is 6.18. The molecule has 0 aromatic heterocycles. The molecule has 7 nitrogen and oxygen atoms in total. The van der Waals surface area contributed by atoms with E-state index in [0.717, 1.165) is 12.3 Å². The van der Waals surface area contributed by atoms with E-state index >= 15 is 0 Å². The largest absolute Gasteiger partial charge is 0.322 e. The van der Waals surface area contributed by atoms with E-state index in [2.05, 4.69) is 10.0 Å². The molecule has 2 aromatic carbocycles. The Bertz CT molecular complexity index is 1360. The zero-order valence-electron chi connectivity index (χ0n) is 18.4. The summed E-state index contributed by atoms with van der Waals surface area (Å²) in [4.78, 5) is 12.4. The third-order valence-electron chi connectivity index (χ3n) is 6.59. The average molecular weight is 551 g/mol. The van der Waals surface area contributed by atoms with Gasteiger partial charge in [0.1, 0.15) is 0 Å². The first-order chi connectivity index (χ1) is 16.3. The third kappa shape index (κ3) is 5.35. The monoisotopic (exact) mass is 550 g/mol. The number of halogens is 4. The number of carbonyl (C=O) groups is 1. The Morgan fingerprint density at radius 1 is 0.971 bits per heavy atom. The van der Waals surface area contributed by atoms with Crippen LogP contribution < -0.4 is 10.0 Å². The molecule has 2 fully saturated rings. The molecule has 0 heterocycles. The fraction of sp³-hybridized carbons (Fsp3) is 0.409. The second-order valence-corrected chi connectivity index (χ2v) is 13.4. The summed E-state index contributed by atoms with van der Waals surface area (Å²) < 4.78 is 93.1. The maximum atomic E-state index is 13.5. The van der Waals surface area contributed by atoms with Crippen LogP contribution in [0, 0.1) is 29.3 Å². The van der Waals surface area contributed by atoms with Crippen LogP contribution in [-0.4, -0.2) is 40.3 Å². The molecule has 0 saturated heterocycles. The molecule has 1 unspecified atom stereocenters. The Kier molecular flexibility index (Phi) is 6.95. The molecule has 2 aliphatic rings. The number of fused-ring (bicyclic) bond motifs is 2. The second kappa shape index (κ2) is 9.38. The predicted octanol–water partition coefficient (Wildman–Crippen LogP) is 3.89. The molecule has 1 amide bonds. The molecule has 2 bridgehead atoms. The van der Waals surface area contributed by atoms with Crippen molar-refractivity contribution >= 4 is 43.1 Å². The first-order valence-electron chi connectivity index (χ1n) is 10.7. The van der Waals surface area contributed by atoms with Crippen molar-refractivity contribution in [3.8, 4) is 0 Å². The maximum absolute atomic E-state index is 13.5. The number of amides is 1. The fourth-order valence-corrected chi connectivity index (χ4v) is 8.35. The lowest BCUT2D eigenvalue weighted by Crippen LogP contribution is -2.47. The lowest BCUT2D eigenvalue weighted by atomic mass is 9.84. The van der Waals surface area contributed by atoms with Crippen LogP contribution in [0.2, 0.25) is 5.02 Å². The van der Waals surface area contributed by atoms with E-state index < -0.39 is 48.5 Å². The van der Waals surface area contributed by atoms with Gasteiger partial charge in [-0.3, -0.25) is 4.79 Å². The first kappa shape index (κ1) is 25.9. The SMILES string of the molecule is CS(=O)(=O)N[C@@H]1C2CC[C@H]1C[C@H](S(=O)(=O)c1cc(C(=O)Nc3cc(F)c(F)c(F)c3)ccc1Cl)C2. The summed E-state index contributed by atoms with van der Waals surface area (Å²) in [6, 6.07) is 4.46. The zero-order chi connectivity index (χ0) is 25.7. The highest BCUT2D eigenvalue weighted by molar-refractivity contribution is 7.92. The number of hydrogen-bond acceptors (Lipinski definition) is 5. The van der Waals surface area contributed by atoms with Crippen LogP contribution in [-0.2, 0) is 19.9 Å². The topological polar surface area (TPSA) is 109 Å². The highest BCUT2D eigenvalue weighted by Gasteiger charge is 2.48. The van der Waals surface area contributed by atoms with E-state index in [1.807, 2.05) is 0 Å². The minimum absolute atomic E-state index is 0.0934. The number of hydrogen-bond donors (Lipinski definition) is 2. The minimum atomic E-state index is -3.99. The van der Waals surface area contributed by atoms with Crippen molar-refractivity contribution in [3.63, 3.8) is 0 Å². The van der Waals surface area contributed by atoms with Gasteiger partial charge in [-0.25, -0.2) is 34.7 Å². The zero-order valence-corrected chi connectivity index (χ0v) is 20.8. The number of rotatable bonds is 6. The van der Waals surface area contributed by atoms with Gasteiger partial charge in [0, 0.05) is 29.4 Å². The van der Waals surface area contributed by atoms with Gasteiger partial charge in [0.05, 0.1) is 21.4 Å². The van der Waals surface area contributed by atoms with Gasteiger partial charge in [0.2, 0.25) is 10.0 Å². The Labute approximate surface area is 206 Å². The van der Waals surface area contributed by atoms with Gasteiger partial charge < -0.3 is 5.32 Å². The van der Waals surface area contributed by atoms with Gasteiger partial charge in [-0.1, -0.05) is 11.6 Å². The van der Waals surface area contributed by atoms with Crippen molar-refractivity contribution in [1.82, 2.24) is 4.72 Å². The number of carbonyl (C=O) groups excluding carboxylic acids is 1. The third-order valence-corrected chi connectivity index (χ3v) is 9.94. The van der Waals surface area contributed by atoms with Crippen molar-refractivity contribution in [3.05, 3.63) is 58.4 Å². The van der Waals surface area contributed by atoms with Gasteiger partial charge in [0.25, 0.3) is 5.91 Å². The molecule has 4 rings (SSSR count). The summed E-state index contributed by atoms with van der Waals surface area (Å²) in [6.45, 7) is 0. The Hall–Kier alpha value is -2.15. The Morgan fingerprint density at radius 2 is 1.54 bits per heavy atom. The van der Waals surface area contributed by atoms with Crippen LogP contribution in [0.15, 0.2) is 35.2 Å². The van der Waals surface area contributed by atoms with Crippen LogP contribution in [0.4, 0.5) is 18.9 Å². The number of sulfonamides is 1. The average Bonchev–Trinajstić information content (AvgIpc) is 2.97. The van der Waals surface area contributed by atoms with Gasteiger partial charge >= 0.3 is 0 Å². The summed E-state index contributed by atoms with van der Waals surface area (Å²) in [5, 5.41) is 1.30. The van der Waals surface area contributed by atoms with E-state index in [1.165, 1.54) is 12.1 Å². The molecule has 13 heteroatoms. The molecule has 2 N–H and O–H groups in total. The van der Waals surface area contributed by atoms with Crippen molar-refractivity contribution in [1.29, 1.82) is 0 Å². The van der Waals surface area contributed by atoms with Crippen molar-refractivity contribution < 1.29 is 34.8 Å². The van der Waals surface area contributed by atoms with E-state index in [4.69, 9.17) is 11.6 Å². The van der Waals surface area contributed by atoms with E-state index in [-0.39, 0.29) is 51.9 Å². The highest BCUT2D eigenvalue weighted by Crippen LogP contribution is 2.46. The van der Waals surface area contributed by atoms with Crippen LogP contribution >= 0.6 is 11.6 Å². The first-order valence-corrected chi connectivity index (χ1v) is 14.5. The number of nitrogens with one attached hydrogen (secondary N) is 2. The molecule has 0 spiro atoms. The van der Waals surface area contributed by atoms with E-state index in [1.54, 1.807) is 0 Å². The summed E-state index contributed by atoms with van der Waals surface area (Å²) in [7, 11) is -7.44. The fourth-order valence-electron chi connectivity index (χ4n) is 5.04.